The molecule has 1 saturated carbocycles. The van der Waals surface area contributed by atoms with Gasteiger partial charge in [-0.1, -0.05) is 40.9 Å². The van der Waals surface area contributed by atoms with Crippen LogP contribution in [0, 0.1) is 0 Å². The molecule has 1 rings (SSSR count). The van der Waals surface area contributed by atoms with Crippen molar-refractivity contribution in [1.29, 1.82) is 0 Å². The number of nitrogens with zero attached hydrogens (tertiary/aromatic N) is 1. The van der Waals surface area contributed by atoms with E-state index in [0.29, 0.717) is 6.04 Å². The Kier molecular flexibility index (Phi) is 15.8. The topological polar surface area (TPSA) is 30.9 Å². The van der Waals surface area contributed by atoms with Crippen LogP contribution in [-0.2, 0) is 12.5 Å². The summed E-state index contributed by atoms with van der Waals surface area (Å²) in [5, 5.41) is 0. The highest BCUT2D eigenvalue weighted by atomic mass is 33.1. The zero-order chi connectivity index (χ0) is 18.4. The standard InChI is InChI=1S/C15H33NO3S6/c1-17-25(18-2,19-3)14-8-13-22-24-16(23-21-12-7-11-20)15-9-5-4-6-10-15/h15,20H,4-14H2,1-3H3. The molecule has 1 aliphatic carbocycles. The Balaban J connectivity index is 2.30. The highest BCUT2D eigenvalue weighted by molar-refractivity contribution is 8.83. The second kappa shape index (κ2) is 15.8. The van der Waals surface area contributed by atoms with Gasteiger partial charge in [0.05, 0.1) is 32.2 Å². The molecule has 0 bridgehead atoms. The van der Waals surface area contributed by atoms with Gasteiger partial charge in [0.2, 0.25) is 0 Å². The Bertz CT molecular complexity index is 311. The molecular formula is C15H33NO3S6. The van der Waals surface area contributed by atoms with Crippen LogP contribution in [0.1, 0.15) is 44.9 Å². The average molecular weight is 468 g/mol. The lowest BCUT2D eigenvalue weighted by molar-refractivity contribution is 0.248. The van der Waals surface area contributed by atoms with Crippen molar-refractivity contribution in [3.8, 4) is 0 Å². The molecule has 0 aliphatic heterocycles. The van der Waals surface area contributed by atoms with Crippen LogP contribution < -0.4 is 0 Å². The largest absolute Gasteiger partial charge is 0.296 e. The summed E-state index contributed by atoms with van der Waals surface area (Å²) in [5.74, 6) is 4.03. The van der Waals surface area contributed by atoms with Crippen LogP contribution >= 0.6 is 67.0 Å². The molecule has 0 atom stereocenters. The summed E-state index contributed by atoms with van der Waals surface area (Å²) in [5.41, 5.74) is 0. The van der Waals surface area contributed by atoms with E-state index < -0.39 is 10.9 Å². The molecule has 1 fully saturated rings. The van der Waals surface area contributed by atoms with Crippen LogP contribution in [0.25, 0.3) is 0 Å². The minimum Gasteiger partial charge on any atom is -0.296 e. The third-order valence-electron chi connectivity index (χ3n) is 3.89. The van der Waals surface area contributed by atoms with Crippen LogP contribution in [0.15, 0.2) is 0 Å². The summed E-state index contributed by atoms with van der Waals surface area (Å²) >= 11 is 4.30. The minimum atomic E-state index is -1.80. The Labute approximate surface area is 177 Å². The molecule has 25 heavy (non-hydrogen) atoms. The van der Waals surface area contributed by atoms with E-state index >= 15 is 0 Å². The van der Waals surface area contributed by atoms with Crippen LogP contribution in [0.3, 0.4) is 0 Å². The Morgan fingerprint density at radius 1 is 0.920 bits per heavy atom. The normalized spacial score (nSPS) is 17.3. The summed E-state index contributed by atoms with van der Waals surface area (Å²) in [6.07, 6.45) is 9.00. The zero-order valence-electron chi connectivity index (χ0n) is 15.5. The molecule has 10 heteroatoms. The van der Waals surface area contributed by atoms with Gasteiger partial charge in [0.1, 0.15) is 0 Å². The lowest BCUT2D eigenvalue weighted by Crippen LogP contribution is -2.25. The monoisotopic (exact) mass is 467 g/mol. The Hall–Kier alpha value is 1.94. The van der Waals surface area contributed by atoms with Gasteiger partial charge in [-0.2, -0.15) is 16.3 Å². The Morgan fingerprint density at radius 3 is 2.00 bits per heavy atom. The van der Waals surface area contributed by atoms with Gasteiger partial charge >= 0.3 is 0 Å². The van der Waals surface area contributed by atoms with Gasteiger partial charge in [-0.15, -0.1) is 0 Å². The first-order valence-electron chi connectivity index (χ1n) is 8.68. The van der Waals surface area contributed by atoms with Crippen molar-refractivity contribution >= 4 is 67.0 Å². The Morgan fingerprint density at radius 2 is 1.48 bits per heavy atom. The number of hydrogen-bond acceptors (Lipinski definition) is 9. The van der Waals surface area contributed by atoms with Crippen molar-refractivity contribution < 1.29 is 12.5 Å². The van der Waals surface area contributed by atoms with Crippen LogP contribution in [0.5, 0.6) is 0 Å². The fraction of sp³-hybridized carbons (Fsp3) is 1.00. The molecule has 0 aromatic heterocycles. The summed E-state index contributed by atoms with van der Waals surface area (Å²) < 4.78 is 18.8. The van der Waals surface area contributed by atoms with Gasteiger partial charge in [0.15, 0.2) is 0 Å². The van der Waals surface area contributed by atoms with E-state index in [-0.39, 0.29) is 0 Å². The van der Waals surface area contributed by atoms with Crippen molar-refractivity contribution in [2.45, 2.75) is 51.0 Å². The molecule has 0 unspecified atom stereocenters. The quantitative estimate of drug-likeness (QED) is 0.128. The van der Waals surface area contributed by atoms with E-state index in [0.717, 1.165) is 23.7 Å². The molecule has 0 saturated heterocycles. The van der Waals surface area contributed by atoms with Crippen molar-refractivity contribution in [2.24, 2.45) is 0 Å². The van der Waals surface area contributed by atoms with Crippen molar-refractivity contribution in [3.63, 3.8) is 0 Å². The maximum Gasteiger partial charge on any atom is 0.0879 e. The minimum absolute atomic E-state index is 0.710. The molecule has 1 aliphatic rings. The lowest BCUT2D eigenvalue weighted by atomic mass is 9.96. The fourth-order valence-electron chi connectivity index (χ4n) is 2.48. The predicted octanol–water partition coefficient (Wildman–Crippen LogP) is 6.41. The van der Waals surface area contributed by atoms with Crippen molar-refractivity contribution in [3.05, 3.63) is 0 Å². The molecule has 152 valence electrons. The van der Waals surface area contributed by atoms with Crippen LogP contribution in [0.2, 0.25) is 0 Å². The maximum atomic E-state index is 5.43. The third kappa shape index (κ3) is 10.3. The molecule has 0 heterocycles. The highest BCUT2D eigenvalue weighted by Gasteiger charge is 2.24. The molecule has 4 nitrogen and oxygen atoms in total. The van der Waals surface area contributed by atoms with Gasteiger partial charge in [-0.3, -0.25) is 12.5 Å². The average Bonchev–Trinajstić information content (AvgIpc) is 2.67. The molecule has 0 N–H and O–H groups in total. The van der Waals surface area contributed by atoms with E-state index in [1.807, 2.05) is 43.5 Å². The second-order valence-electron chi connectivity index (χ2n) is 5.56. The van der Waals surface area contributed by atoms with E-state index in [4.69, 9.17) is 12.5 Å². The highest BCUT2D eigenvalue weighted by Crippen LogP contribution is 2.50. The maximum absolute atomic E-state index is 5.43. The van der Waals surface area contributed by atoms with Gasteiger partial charge in [0.25, 0.3) is 0 Å². The van der Waals surface area contributed by atoms with E-state index in [2.05, 4.69) is 16.3 Å². The lowest BCUT2D eigenvalue weighted by Gasteiger charge is -2.33. The SMILES string of the molecule is COS(CCCSSN(SSCCCS)C1CCCCC1)(OC)OC. The summed E-state index contributed by atoms with van der Waals surface area (Å²) in [6.45, 7) is 0. The van der Waals surface area contributed by atoms with E-state index in [1.54, 1.807) is 21.3 Å². The van der Waals surface area contributed by atoms with E-state index in [9.17, 15) is 0 Å². The fourth-order valence-corrected chi connectivity index (χ4v) is 10.3. The predicted molar refractivity (Wildman–Crippen MR) is 125 cm³/mol. The molecule has 0 aromatic rings. The van der Waals surface area contributed by atoms with Gasteiger partial charge < -0.3 is 0 Å². The zero-order valence-corrected chi connectivity index (χ0v) is 20.5. The summed E-state index contributed by atoms with van der Waals surface area (Å²) in [4.78, 5) is 0. The number of rotatable bonds is 15. The molecule has 0 aromatic carbocycles. The van der Waals surface area contributed by atoms with Crippen molar-refractivity contribution in [2.75, 3.05) is 44.3 Å². The molecule has 0 amide bonds. The number of hydrogen-bond donors (Lipinski definition) is 1. The van der Waals surface area contributed by atoms with Gasteiger partial charge in [0, 0.05) is 45.3 Å². The van der Waals surface area contributed by atoms with Gasteiger partial charge in [-0.25, -0.2) is 0 Å². The third-order valence-corrected chi connectivity index (χ3v) is 12.1. The number of thiol groups is 1. The summed E-state index contributed by atoms with van der Waals surface area (Å²) in [7, 11) is 10.9. The van der Waals surface area contributed by atoms with Crippen LogP contribution in [-0.4, -0.2) is 54.1 Å². The smallest absolute Gasteiger partial charge is 0.0879 e. The first-order chi connectivity index (χ1) is 12.2. The first-order valence-corrected chi connectivity index (χ1v) is 15.4. The first kappa shape index (κ1) is 25.0. The summed E-state index contributed by atoms with van der Waals surface area (Å²) in [6, 6.07) is 0.710. The second-order valence-corrected chi connectivity index (χ2v) is 13.4. The van der Waals surface area contributed by atoms with Crippen molar-refractivity contribution in [1.82, 2.24) is 3.71 Å². The van der Waals surface area contributed by atoms with Gasteiger partial charge in [-0.05, 0) is 31.4 Å². The van der Waals surface area contributed by atoms with Crippen LogP contribution in [0.4, 0.5) is 0 Å². The molecule has 0 spiro atoms. The molecule has 0 radical (unpaired) electrons. The van der Waals surface area contributed by atoms with E-state index in [1.165, 1.54) is 44.3 Å². The molecular weight excluding hydrogens is 435 g/mol.